The van der Waals surface area contributed by atoms with E-state index in [4.69, 9.17) is 26.8 Å². The second-order valence-corrected chi connectivity index (χ2v) is 11.4. The first-order valence-electron chi connectivity index (χ1n) is 13.4. The zero-order valence-corrected chi connectivity index (χ0v) is 24.2. The molecule has 2 heterocycles. The molecule has 2 saturated heterocycles. The second-order valence-electron chi connectivity index (χ2n) is 9.77. The van der Waals surface area contributed by atoms with Crippen LogP contribution in [-0.4, -0.2) is 77.1 Å². The highest BCUT2D eigenvalue weighted by Gasteiger charge is 2.32. The molecule has 218 valence electrons. The van der Waals surface area contributed by atoms with Crippen molar-refractivity contribution in [1.82, 2.24) is 9.80 Å². The van der Waals surface area contributed by atoms with Crippen molar-refractivity contribution in [3.63, 3.8) is 0 Å². The number of amides is 1. The topological polar surface area (TPSA) is 79.3 Å². The average Bonchev–Trinajstić information content (AvgIpc) is 3.26. The summed E-state index contributed by atoms with van der Waals surface area (Å²) in [6.07, 6.45) is 2.22. The summed E-state index contributed by atoms with van der Waals surface area (Å²) in [7, 11) is 0. The second kappa shape index (κ2) is 13.6. The Morgan fingerprint density at radius 3 is 2.43 bits per heavy atom. The third kappa shape index (κ3) is 7.22. The first-order valence-corrected chi connectivity index (χ1v) is 14.6. The minimum Gasteiger partial charge on any atom is -0.492 e. The molecular weight excluding hydrogens is 582 g/mol. The van der Waals surface area contributed by atoms with E-state index >= 15 is 0 Å². The van der Waals surface area contributed by atoms with Crippen LogP contribution in [0.4, 0.5) is 8.78 Å². The minimum atomic E-state index is -0.998. The van der Waals surface area contributed by atoms with E-state index in [1.165, 1.54) is 34.9 Å². The summed E-state index contributed by atoms with van der Waals surface area (Å²) in [5, 5.41) is 9.10. The molecule has 0 saturated carbocycles. The van der Waals surface area contributed by atoms with Crippen molar-refractivity contribution in [1.29, 1.82) is 0 Å². The van der Waals surface area contributed by atoms with Gasteiger partial charge in [0.25, 0.3) is 5.91 Å². The molecule has 1 amide bonds. The molecule has 2 fully saturated rings. The van der Waals surface area contributed by atoms with Gasteiger partial charge in [0.05, 0.1) is 23.7 Å². The van der Waals surface area contributed by atoms with Crippen LogP contribution >= 0.6 is 24.0 Å². The molecule has 1 N–H and O–H groups in total. The molecule has 7 nitrogen and oxygen atoms in total. The zero-order chi connectivity index (χ0) is 29.6. The van der Waals surface area contributed by atoms with Crippen LogP contribution in [0, 0.1) is 11.6 Å². The Labute approximate surface area is 251 Å². The summed E-state index contributed by atoms with van der Waals surface area (Å²) in [5.41, 5.74) is 2.82. The maximum absolute atomic E-state index is 14.0. The van der Waals surface area contributed by atoms with Gasteiger partial charge in [0.2, 0.25) is 0 Å². The van der Waals surface area contributed by atoms with Gasteiger partial charge >= 0.3 is 5.97 Å². The lowest BCUT2D eigenvalue weighted by molar-refractivity contribution is -0.122. The van der Waals surface area contributed by atoms with Crippen molar-refractivity contribution in [2.45, 2.75) is 6.42 Å². The van der Waals surface area contributed by atoms with E-state index in [1.54, 1.807) is 36.4 Å². The zero-order valence-electron chi connectivity index (χ0n) is 22.6. The standard InChI is InChI=1S/C31H28F2N2O5S2/c32-25-7-5-23(18-26(25)33)22-6-8-27(40-16-13-34-11-14-39-15-12-34)24(17-22)19-28-29(36)35(31(41)42-28)10-9-20-1-3-21(4-2-20)30(37)38/h1-8,17-19H,9-16H2,(H,37,38). The van der Waals surface area contributed by atoms with E-state index in [1.807, 2.05) is 0 Å². The van der Waals surface area contributed by atoms with Gasteiger partial charge in [-0.1, -0.05) is 48.2 Å². The number of hydrogen-bond donors (Lipinski definition) is 1. The molecule has 0 atom stereocenters. The summed E-state index contributed by atoms with van der Waals surface area (Å²) < 4.78 is 39.5. The van der Waals surface area contributed by atoms with Crippen molar-refractivity contribution >= 4 is 46.3 Å². The Kier molecular flexibility index (Phi) is 9.63. The number of morpholine rings is 1. The Morgan fingerprint density at radius 1 is 1.00 bits per heavy atom. The van der Waals surface area contributed by atoms with Crippen LogP contribution in [0.2, 0.25) is 0 Å². The molecule has 0 aromatic heterocycles. The fourth-order valence-corrected chi connectivity index (χ4v) is 5.95. The summed E-state index contributed by atoms with van der Waals surface area (Å²) in [6.45, 7) is 4.50. The molecule has 3 aromatic carbocycles. The van der Waals surface area contributed by atoms with Crippen LogP contribution in [0.15, 0.2) is 65.6 Å². The molecule has 11 heteroatoms. The molecule has 0 unspecified atom stereocenters. The van der Waals surface area contributed by atoms with E-state index < -0.39 is 17.6 Å². The van der Waals surface area contributed by atoms with Gasteiger partial charge in [-0.05, 0) is 65.6 Å². The number of halogens is 2. The van der Waals surface area contributed by atoms with Crippen molar-refractivity contribution in [3.8, 4) is 16.9 Å². The van der Waals surface area contributed by atoms with E-state index in [-0.39, 0.29) is 11.5 Å². The van der Waals surface area contributed by atoms with Crippen LogP contribution in [0.5, 0.6) is 5.75 Å². The van der Waals surface area contributed by atoms with Crippen LogP contribution in [0.25, 0.3) is 17.2 Å². The fourth-order valence-electron chi connectivity index (χ4n) is 4.65. The van der Waals surface area contributed by atoms with Crippen LogP contribution in [0.1, 0.15) is 21.5 Å². The first kappa shape index (κ1) is 29.8. The number of thioether (sulfide) groups is 1. The fraction of sp³-hybridized carbons (Fsp3) is 0.258. The Hall–Kier alpha value is -3.64. The summed E-state index contributed by atoms with van der Waals surface area (Å²) in [4.78, 5) is 28.7. The van der Waals surface area contributed by atoms with Crippen LogP contribution in [-0.2, 0) is 16.0 Å². The number of carbonyl (C=O) groups is 2. The number of carboxylic acids is 1. The molecule has 5 rings (SSSR count). The molecule has 0 radical (unpaired) electrons. The molecule has 42 heavy (non-hydrogen) atoms. The number of benzene rings is 3. The van der Waals surface area contributed by atoms with E-state index in [0.717, 1.165) is 30.8 Å². The lowest BCUT2D eigenvalue weighted by Crippen LogP contribution is -2.38. The van der Waals surface area contributed by atoms with Gasteiger partial charge < -0.3 is 14.6 Å². The number of aromatic carboxylic acids is 1. The number of carboxylic acid groups (broad SMARTS) is 1. The van der Waals surface area contributed by atoms with Gasteiger partial charge in [-0.2, -0.15) is 0 Å². The number of rotatable bonds is 10. The van der Waals surface area contributed by atoms with Crippen molar-refractivity contribution in [2.24, 2.45) is 0 Å². The smallest absolute Gasteiger partial charge is 0.335 e. The van der Waals surface area contributed by atoms with E-state index in [2.05, 4.69) is 4.90 Å². The number of ether oxygens (including phenoxy) is 2. The monoisotopic (exact) mass is 610 g/mol. The van der Waals surface area contributed by atoms with Crippen molar-refractivity contribution in [2.75, 3.05) is 46.0 Å². The van der Waals surface area contributed by atoms with Gasteiger partial charge in [0.1, 0.15) is 16.7 Å². The molecule has 2 aliphatic rings. The lowest BCUT2D eigenvalue weighted by Gasteiger charge is -2.26. The predicted octanol–water partition coefficient (Wildman–Crippen LogP) is 5.48. The molecule has 3 aromatic rings. The lowest BCUT2D eigenvalue weighted by atomic mass is 10.0. The highest BCUT2D eigenvalue weighted by molar-refractivity contribution is 8.26. The number of thiocarbonyl (C=S) groups is 1. The Morgan fingerprint density at radius 2 is 1.71 bits per heavy atom. The first-order chi connectivity index (χ1) is 20.3. The van der Waals surface area contributed by atoms with Crippen LogP contribution in [0.3, 0.4) is 0 Å². The highest BCUT2D eigenvalue weighted by Crippen LogP contribution is 2.36. The normalized spacial score (nSPS) is 16.8. The number of carbonyl (C=O) groups excluding carboxylic acids is 1. The number of nitrogens with zero attached hydrogens (tertiary/aromatic N) is 2. The van der Waals surface area contributed by atoms with Crippen molar-refractivity contribution in [3.05, 3.63) is 93.9 Å². The summed E-state index contributed by atoms with van der Waals surface area (Å²) in [6, 6.07) is 15.5. The average molecular weight is 611 g/mol. The van der Waals surface area contributed by atoms with Crippen LogP contribution < -0.4 is 4.74 Å². The molecule has 2 aliphatic heterocycles. The van der Waals surface area contributed by atoms with Gasteiger partial charge in [-0.15, -0.1) is 0 Å². The highest BCUT2D eigenvalue weighted by atomic mass is 32.2. The van der Waals surface area contributed by atoms with Gasteiger partial charge in [0.15, 0.2) is 11.6 Å². The Bertz CT molecular complexity index is 1520. The molecule has 0 spiro atoms. The SMILES string of the molecule is O=C(O)c1ccc(CCN2C(=O)C(=Cc3cc(-c4ccc(F)c(F)c4)ccc3OCCN3CCOCC3)SC2=S)cc1. The van der Waals surface area contributed by atoms with Gasteiger partial charge in [0, 0.05) is 31.7 Å². The van der Waals surface area contributed by atoms with E-state index in [0.29, 0.717) is 71.0 Å². The third-order valence-electron chi connectivity index (χ3n) is 7.02. The maximum Gasteiger partial charge on any atom is 0.335 e. The van der Waals surface area contributed by atoms with Crippen molar-refractivity contribution < 1.29 is 33.0 Å². The van der Waals surface area contributed by atoms with Gasteiger partial charge in [-0.3, -0.25) is 14.6 Å². The number of hydrogen-bond acceptors (Lipinski definition) is 7. The third-order valence-corrected chi connectivity index (χ3v) is 8.39. The predicted molar refractivity (Wildman–Crippen MR) is 162 cm³/mol. The summed E-state index contributed by atoms with van der Waals surface area (Å²) >= 11 is 6.69. The van der Waals surface area contributed by atoms with Gasteiger partial charge in [-0.25, -0.2) is 13.6 Å². The molecular formula is C31H28F2N2O5S2. The Balaban J connectivity index is 1.35. The molecule has 0 bridgehead atoms. The largest absolute Gasteiger partial charge is 0.492 e. The maximum atomic E-state index is 14.0. The summed E-state index contributed by atoms with van der Waals surface area (Å²) in [5.74, 6) is -2.56. The quantitative estimate of drug-likeness (QED) is 0.239. The minimum absolute atomic E-state index is 0.195. The van der Waals surface area contributed by atoms with E-state index in [9.17, 15) is 18.4 Å². The molecule has 0 aliphatic carbocycles.